The van der Waals surface area contributed by atoms with Crippen LogP contribution in [0.5, 0.6) is 0 Å². The number of fused-ring (bicyclic) bond motifs is 1. The molecule has 0 bridgehead atoms. The first-order chi connectivity index (χ1) is 7.39. The number of aryl methyl sites for hydroxylation is 1. The zero-order valence-electron chi connectivity index (χ0n) is 8.60. The average molecular weight is 260 g/mol. The molecule has 1 aromatic carbocycles. The van der Waals surface area contributed by atoms with Crippen molar-refractivity contribution in [2.75, 3.05) is 11.9 Å². The molecule has 1 aliphatic heterocycles. The Kier molecular flexibility index (Phi) is 2.67. The molecule has 1 amide bonds. The minimum absolute atomic E-state index is 0.0361. The Hall–Kier alpha value is -1.07. The Bertz CT molecular complexity index is 553. The number of carbonyl (C=O) groups excluding carboxylic acids is 1. The van der Waals surface area contributed by atoms with E-state index in [1.165, 1.54) is 17.0 Å². The molecule has 1 aromatic rings. The van der Waals surface area contributed by atoms with E-state index in [0.717, 1.165) is 11.3 Å². The maximum atomic E-state index is 11.4. The van der Waals surface area contributed by atoms with Crippen molar-refractivity contribution in [1.29, 1.82) is 0 Å². The summed E-state index contributed by atoms with van der Waals surface area (Å²) in [6, 6.07) is 4.55. The van der Waals surface area contributed by atoms with Crippen LogP contribution in [0.4, 0.5) is 5.69 Å². The first-order valence-corrected chi connectivity index (χ1v) is 7.04. The zero-order valence-corrected chi connectivity index (χ0v) is 10.2. The molecule has 0 fully saturated rings. The highest BCUT2D eigenvalue weighted by Gasteiger charge is 2.22. The van der Waals surface area contributed by atoms with Crippen LogP contribution in [0.2, 0.25) is 0 Å². The standard InChI is InChI=1S/C10H10ClNO3S/c1-12-9-4-3-8(16(11,14)15)6-7(9)2-5-10(12)13/h3-4,6H,2,5H2,1H3. The van der Waals surface area contributed by atoms with Gasteiger partial charge in [0.1, 0.15) is 0 Å². The van der Waals surface area contributed by atoms with Gasteiger partial charge in [-0.05, 0) is 30.2 Å². The number of halogens is 1. The molecule has 0 N–H and O–H groups in total. The van der Waals surface area contributed by atoms with Gasteiger partial charge >= 0.3 is 0 Å². The first kappa shape index (κ1) is 11.4. The van der Waals surface area contributed by atoms with Crippen molar-refractivity contribution < 1.29 is 13.2 Å². The smallest absolute Gasteiger partial charge is 0.261 e. The fourth-order valence-corrected chi connectivity index (χ4v) is 2.59. The summed E-state index contributed by atoms with van der Waals surface area (Å²) in [5.41, 5.74) is 1.59. The summed E-state index contributed by atoms with van der Waals surface area (Å²) in [6.07, 6.45) is 0.952. The van der Waals surface area contributed by atoms with Crippen molar-refractivity contribution in [3.63, 3.8) is 0 Å². The molecule has 1 aliphatic rings. The molecule has 0 aromatic heterocycles. The molecular formula is C10H10ClNO3S. The van der Waals surface area contributed by atoms with Gasteiger partial charge in [0, 0.05) is 29.8 Å². The highest BCUT2D eigenvalue weighted by atomic mass is 35.7. The van der Waals surface area contributed by atoms with Gasteiger partial charge in [-0.2, -0.15) is 0 Å². The van der Waals surface area contributed by atoms with E-state index in [-0.39, 0.29) is 10.8 Å². The fourth-order valence-electron chi connectivity index (χ4n) is 1.78. The Morgan fingerprint density at radius 3 is 2.62 bits per heavy atom. The van der Waals surface area contributed by atoms with Crippen LogP contribution >= 0.6 is 10.7 Å². The highest BCUT2D eigenvalue weighted by molar-refractivity contribution is 8.13. The minimum atomic E-state index is -3.70. The third-order valence-electron chi connectivity index (χ3n) is 2.68. The maximum absolute atomic E-state index is 11.4. The normalized spacial score (nSPS) is 16.1. The SMILES string of the molecule is CN1C(=O)CCc2cc(S(=O)(=O)Cl)ccc21. The van der Waals surface area contributed by atoms with Crippen LogP contribution in [0.1, 0.15) is 12.0 Å². The Morgan fingerprint density at radius 1 is 1.31 bits per heavy atom. The quantitative estimate of drug-likeness (QED) is 0.719. The van der Waals surface area contributed by atoms with Gasteiger partial charge in [0.2, 0.25) is 5.91 Å². The van der Waals surface area contributed by atoms with E-state index in [9.17, 15) is 13.2 Å². The number of carbonyl (C=O) groups is 1. The molecule has 1 heterocycles. The lowest BCUT2D eigenvalue weighted by Gasteiger charge is -2.25. The van der Waals surface area contributed by atoms with Crippen LogP contribution in [0.15, 0.2) is 23.1 Å². The van der Waals surface area contributed by atoms with Crippen LogP contribution in [-0.4, -0.2) is 21.4 Å². The van der Waals surface area contributed by atoms with Crippen LogP contribution < -0.4 is 4.90 Å². The third kappa shape index (κ3) is 1.92. The van der Waals surface area contributed by atoms with Crippen molar-refractivity contribution in [1.82, 2.24) is 0 Å². The van der Waals surface area contributed by atoms with Gasteiger partial charge in [0.15, 0.2) is 0 Å². The summed E-state index contributed by atoms with van der Waals surface area (Å²) >= 11 is 0. The maximum Gasteiger partial charge on any atom is 0.261 e. The van der Waals surface area contributed by atoms with E-state index in [0.29, 0.717) is 12.8 Å². The molecule has 2 rings (SSSR count). The van der Waals surface area contributed by atoms with E-state index < -0.39 is 9.05 Å². The summed E-state index contributed by atoms with van der Waals surface area (Å²) in [5.74, 6) is 0.0361. The van der Waals surface area contributed by atoms with E-state index in [4.69, 9.17) is 10.7 Å². The predicted octanol–water partition coefficient (Wildman–Crippen LogP) is 1.52. The van der Waals surface area contributed by atoms with Crippen LogP contribution in [-0.2, 0) is 20.3 Å². The van der Waals surface area contributed by atoms with Crippen molar-refractivity contribution in [2.45, 2.75) is 17.7 Å². The second kappa shape index (κ2) is 3.75. The van der Waals surface area contributed by atoms with E-state index in [1.54, 1.807) is 13.1 Å². The fraction of sp³-hybridized carbons (Fsp3) is 0.300. The Balaban J connectivity index is 2.53. The van der Waals surface area contributed by atoms with Gasteiger partial charge in [0.05, 0.1) is 4.90 Å². The van der Waals surface area contributed by atoms with Crippen molar-refractivity contribution in [3.05, 3.63) is 23.8 Å². The van der Waals surface area contributed by atoms with Crippen LogP contribution in [0.25, 0.3) is 0 Å². The topological polar surface area (TPSA) is 54.5 Å². The summed E-state index contributed by atoms with van der Waals surface area (Å²) < 4.78 is 22.3. The minimum Gasteiger partial charge on any atom is -0.315 e. The van der Waals surface area contributed by atoms with Gasteiger partial charge in [-0.15, -0.1) is 0 Å². The molecule has 0 aliphatic carbocycles. The van der Waals surface area contributed by atoms with Gasteiger partial charge in [0.25, 0.3) is 9.05 Å². The molecule has 86 valence electrons. The number of amides is 1. The number of nitrogens with zero attached hydrogens (tertiary/aromatic N) is 1. The van der Waals surface area contributed by atoms with Crippen molar-refractivity contribution in [3.8, 4) is 0 Å². The summed E-state index contributed by atoms with van der Waals surface area (Å²) in [7, 11) is 3.24. The molecular weight excluding hydrogens is 250 g/mol. The highest BCUT2D eigenvalue weighted by Crippen LogP contribution is 2.29. The molecule has 0 radical (unpaired) electrons. The van der Waals surface area contributed by atoms with E-state index >= 15 is 0 Å². The van der Waals surface area contributed by atoms with E-state index in [2.05, 4.69) is 0 Å². The zero-order chi connectivity index (χ0) is 11.9. The second-order valence-corrected chi connectivity index (χ2v) is 6.25. The molecule has 0 atom stereocenters. The Morgan fingerprint density at radius 2 is 2.00 bits per heavy atom. The molecule has 6 heteroatoms. The molecule has 0 unspecified atom stereocenters. The summed E-state index contributed by atoms with van der Waals surface area (Å²) in [6.45, 7) is 0. The van der Waals surface area contributed by atoms with Gasteiger partial charge in [-0.1, -0.05) is 0 Å². The molecule has 4 nitrogen and oxygen atoms in total. The Labute approximate surface area is 98.2 Å². The van der Waals surface area contributed by atoms with E-state index in [1.807, 2.05) is 0 Å². The molecule has 0 spiro atoms. The van der Waals surface area contributed by atoms with Crippen LogP contribution in [0.3, 0.4) is 0 Å². The van der Waals surface area contributed by atoms with Gasteiger partial charge < -0.3 is 4.90 Å². The molecule has 0 saturated carbocycles. The molecule has 0 saturated heterocycles. The average Bonchev–Trinajstić information content (AvgIpc) is 2.22. The lowest BCUT2D eigenvalue weighted by atomic mass is 10.0. The number of hydrogen-bond donors (Lipinski definition) is 0. The summed E-state index contributed by atoms with van der Waals surface area (Å²) in [4.78, 5) is 13.0. The first-order valence-electron chi connectivity index (χ1n) is 4.74. The largest absolute Gasteiger partial charge is 0.315 e. The number of benzene rings is 1. The molecule has 16 heavy (non-hydrogen) atoms. The number of anilines is 1. The third-order valence-corrected chi connectivity index (χ3v) is 4.03. The number of rotatable bonds is 1. The summed E-state index contributed by atoms with van der Waals surface area (Å²) in [5, 5.41) is 0. The van der Waals surface area contributed by atoms with Crippen molar-refractivity contribution in [2.24, 2.45) is 0 Å². The lowest BCUT2D eigenvalue weighted by Crippen LogP contribution is -2.31. The van der Waals surface area contributed by atoms with Gasteiger partial charge in [-0.25, -0.2) is 8.42 Å². The van der Waals surface area contributed by atoms with Crippen molar-refractivity contribution >= 4 is 31.3 Å². The van der Waals surface area contributed by atoms with Gasteiger partial charge in [-0.3, -0.25) is 4.79 Å². The predicted molar refractivity (Wildman–Crippen MR) is 61.2 cm³/mol. The van der Waals surface area contributed by atoms with Crippen LogP contribution in [0, 0.1) is 0 Å². The second-order valence-electron chi connectivity index (χ2n) is 3.68. The number of hydrogen-bond acceptors (Lipinski definition) is 3. The monoisotopic (exact) mass is 259 g/mol. The lowest BCUT2D eigenvalue weighted by molar-refractivity contribution is -0.118.